The van der Waals surface area contributed by atoms with Gasteiger partial charge in [-0.05, 0) is 6.07 Å². The number of nitrogens with one attached hydrogen (secondary N) is 1. The molecule has 0 saturated carbocycles. The average Bonchev–Trinajstić information content (AvgIpc) is 2.66. The summed E-state index contributed by atoms with van der Waals surface area (Å²) >= 11 is 0. The highest BCUT2D eigenvalue weighted by molar-refractivity contribution is 5.88. The van der Waals surface area contributed by atoms with Gasteiger partial charge in [0.1, 0.15) is 6.33 Å². The Kier molecular flexibility index (Phi) is 1.98. The van der Waals surface area contributed by atoms with Crippen molar-refractivity contribution >= 4 is 17.4 Å². The minimum Gasteiger partial charge on any atom is -0.453 e. The fourth-order valence-electron chi connectivity index (χ4n) is 1.00. The summed E-state index contributed by atoms with van der Waals surface area (Å²) in [6.07, 6.45) is 2.42. The monoisotopic (exact) mass is 193 g/mol. The fraction of sp³-hybridized carbons (Fsp3) is 0.143. The predicted octanol–water partition coefficient (Wildman–Crippen LogP) is 0.303. The van der Waals surface area contributed by atoms with E-state index >= 15 is 0 Å². The van der Waals surface area contributed by atoms with E-state index in [9.17, 15) is 4.79 Å². The lowest BCUT2D eigenvalue weighted by Crippen LogP contribution is -2.12. The number of ether oxygens (including phenoxy) is 1. The van der Waals surface area contributed by atoms with Gasteiger partial charge in [-0.1, -0.05) is 0 Å². The number of carbonyl (C=O) groups is 1. The molecule has 1 amide bonds. The Labute approximate surface area is 78.7 Å². The molecule has 0 aliphatic heterocycles. The molecule has 0 radical (unpaired) electrons. The molecular formula is C7H7N5O2. The van der Waals surface area contributed by atoms with Crippen LogP contribution in [0.3, 0.4) is 0 Å². The largest absolute Gasteiger partial charge is 0.453 e. The van der Waals surface area contributed by atoms with E-state index in [1.807, 2.05) is 0 Å². The first kappa shape index (κ1) is 8.42. The van der Waals surface area contributed by atoms with E-state index in [0.717, 1.165) is 0 Å². The average molecular weight is 193 g/mol. The number of methoxy groups -OCH3 is 1. The maximum atomic E-state index is 10.9. The van der Waals surface area contributed by atoms with E-state index < -0.39 is 6.09 Å². The number of hydrogen-bond acceptors (Lipinski definition) is 5. The smallest absolute Gasteiger partial charge is 0.411 e. The second kappa shape index (κ2) is 3.29. The molecule has 0 spiro atoms. The van der Waals surface area contributed by atoms with Crippen LogP contribution in [0.5, 0.6) is 0 Å². The van der Waals surface area contributed by atoms with Gasteiger partial charge in [0.15, 0.2) is 0 Å². The van der Waals surface area contributed by atoms with E-state index in [2.05, 4.69) is 25.3 Å². The van der Waals surface area contributed by atoms with Crippen LogP contribution in [-0.2, 0) is 4.74 Å². The Bertz CT molecular complexity index is 466. The zero-order valence-corrected chi connectivity index (χ0v) is 7.34. The van der Waals surface area contributed by atoms with Crippen molar-refractivity contribution in [1.29, 1.82) is 0 Å². The Hall–Kier alpha value is -2.18. The standard InChI is InChI=1S/C7H7N5O2/c1-14-7(13)10-5-2-3-9-12-4-8-11-6(5)12/h2-4H,1H3,(H,10,13). The van der Waals surface area contributed by atoms with E-state index in [1.54, 1.807) is 6.07 Å². The highest BCUT2D eigenvalue weighted by atomic mass is 16.5. The Morgan fingerprint density at radius 2 is 2.50 bits per heavy atom. The van der Waals surface area contributed by atoms with Gasteiger partial charge in [0.2, 0.25) is 5.65 Å². The number of rotatable bonds is 1. The lowest BCUT2D eigenvalue weighted by atomic mass is 10.4. The van der Waals surface area contributed by atoms with Gasteiger partial charge in [0.05, 0.1) is 19.0 Å². The van der Waals surface area contributed by atoms with E-state index in [1.165, 1.54) is 24.1 Å². The maximum Gasteiger partial charge on any atom is 0.411 e. The van der Waals surface area contributed by atoms with Gasteiger partial charge in [-0.3, -0.25) is 5.32 Å². The molecule has 2 aromatic rings. The summed E-state index contributed by atoms with van der Waals surface area (Å²) in [5.74, 6) is 0. The number of anilines is 1. The molecule has 0 aliphatic carbocycles. The maximum absolute atomic E-state index is 10.9. The SMILES string of the molecule is COC(=O)Nc1ccnn2cnnc12. The molecule has 0 aliphatic rings. The van der Waals surface area contributed by atoms with Crippen LogP contribution in [0.4, 0.5) is 10.5 Å². The van der Waals surface area contributed by atoms with Crippen LogP contribution in [0, 0.1) is 0 Å². The first-order valence-electron chi connectivity index (χ1n) is 3.81. The van der Waals surface area contributed by atoms with Crippen molar-refractivity contribution in [2.45, 2.75) is 0 Å². The minimum absolute atomic E-state index is 0.470. The third-order valence-corrected chi connectivity index (χ3v) is 1.63. The summed E-state index contributed by atoms with van der Waals surface area (Å²) in [6.45, 7) is 0. The van der Waals surface area contributed by atoms with Crippen molar-refractivity contribution in [3.05, 3.63) is 18.6 Å². The molecule has 7 heteroatoms. The van der Waals surface area contributed by atoms with Crippen LogP contribution in [-0.4, -0.2) is 33.0 Å². The van der Waals surface area contributed by atoms with Gasteiger partial charge in [-0.15, -0.1) is 10.2 Å². The summed E-state index contributed by atoms with van der Waals surface area (Å²) < 4.78 is 5.90. The molecule has 1 N–H and O–H groups in total. The van der Waals surface area contributed by atoms with Gasteiger partial charge >= 0.3 is 6.09 Å². The first-order valence-corrected chi connectivity index (χ1v) is 3.81. The molecule has 2 rings (SSSR count). The molecule has 7 nitrogen and oxygen atoms in total. The Morgan fingerprint density at radius 1 is 1.64 bits per heavy atom. The quantitative estimate of drug-likeness (QED) is 0.704. The normalized spacial score (nSPS) is 10.1. The number of hydrogen-bond donors (Lipinski definition) is 1. The van der Waals surface area contributed by atoms with Crippen molar-refractivity contribution in [3.63, 3.8) is 0 Å². The summed E-state index contributed by atoms with van der Waals surface area (Å²) in [7, 11) is 1.29. The molecule has 0 fully saturated rings. The van der Waals surface area contributed by atoms with Crippen molar-refractivity contribution < 1.29 is 9.53 Å². The van der Waals surface area contributed by atoms with Crippen LogP contribution < -0.4 is 5.32 Å². The highest BCUT2D eigenvalue weighted by Gasteiger charge is 2.06. The second-order valence-corrected chi connectivity index (χ2v) is 2.46. The van der Waals surface area contributed by atoms with Crippen molar-refractivity contribution in [3.8, 4) is 0 Å². The topological polar surface area (TPSA) is 81.4 Å². The summed E-state index contributed by atoms with van der Waals surface area (Å²) in [5.41, 5.74) is 0.974. The van der Waals surface area contributed by atoms with E-state index in [-0.39, 0.29) is 0 Å². The first-order chi connectivity index (χ1) is 6.81. The molecule has 0 unspecified atom stereocenters. The van der Waals surface area contributed by atoms with Crippen molar-refractivity contribution in [1.82, 2.24) is 19.8 Å². The molecule has 2 aromatic heterocycles. The Balaban J connectivity index is 2.41. The van der Waals surface area contributed by atoms with Gasteiger partial charge in [-0.2, -0.15) is 9.61 Å². The molecule has 14 heavy (non-hydrogen) atoms. The second-order valence-electron chi connectivity index (χ2n) is 2.46. The van der Waals surface area contributed by atoms with Crippen LogP contribution in [0.1, 0.15) is 0 Å². The van der Waals surface area contributed by atoms with Crippen molar-refractivity contribution in [2.24, 2.45) is 0 Å². The van der Waals surface area contributed by atoms with Crippen LogP contribution in [0.15, 0.2) is 18.6 Å². The molecular weight excluding hydrogens is 186 g/mol. The lowest BCUT2D eigenvalue weighted by molar-refractivity contribution is 0.187. The molecule has 0 atom stereocenters. The number of aromatic nitrogens is 4. The number of fused-ring (bicyclic) bond motifs is 1. The molecule has 72 valence electrons. The number of carbonyl (C=O) groups excluding carboxylic acids is 1. The van der Waals surface area contributed by atoms with Crippen LogP contribution >= 0.6 is 0 Å². The van der Waals surface area contributed by atoms with Gasteiger partial charge in [0, 0.05) is 0 Å². The fourth-order valence-corrected chi connectivity index (χ4v) is 1.00. The molecule has 0 saturated heterocycles. The lowest BCUT2D eigenvalue weighted by Gasteiger charge is -2.02. The Morgan fingerprint density at radius 3 is 3.29 bits per heavy atom. The number of nitrogens with zero attached hydrogens (tertiary/aromatic N) is 4. The molecule has 2 heterocycles. The zero-order chi connectivity index (χ0) is 9.97. The summed E-state index contributed by atoms with van der Waals surface area (Å²) in [6, 6.07) is 1.61. The summed E-state index contributed by atoms with van der Waals surface area (Å²) in [4.78, 5) is 10.9. The summed E-state index contributed by atoms with van der Waals surface area (Å²) in [5, 5.41) is 13.9. The highest BCUT2D eigenvalue weighted by Crippen LogP contribution is 2.11. The van der Waals surface area contributed by atoms with Gasteiger partial charge in [0.25, 0.3) is 0 Å². The number of amides is 1. The molecule has 0 bridgehead atoms. The zero-order valence-electron chi connectivity index (χ0n) is 7.34. The molecule has 0 aromatic carbocycles. The third kappa shape index (κ3) is 1.35. The predicted molar refractivity (Wildman–Crippen MR) is 46.8 cm³/mol. The van der Waals surface area contributed by atoms with E-state index in [0.29, 0.717) is 11.3 Å². The minimum atomic E-state index is -0.555. The van der Waals surface area contributed by atoms with E-state index in [4.69, 9.17) is 0 Å². The van der Waals surface area contributed by atoms with Gasteiger partial charge < -0.3 is 4.74 Å². The van der Waals surface area contributed by atoms with Crippen molar-refractivity contribution in [2.75, 3.05) is 12.4 Å². The van der Waals surface area contributed by atoms with Gasteiger partial charge in [-0.25, -0.2) is 4.79 Å². The van der Waals surface area contributed by atoms with Crippen LogP contribution in [0.2, 0.25) is 0 Å². The van der Waals surface area contributed by atoms with Crippen LogP contribution in [0.25, 0.3) is 5.65 Å². The third-order valence-electron chi connectivity index (χ3n) is 1.63.